The summed E-state index contributed by atoms with van der Waals surface area (Å²) in [6, 6.07) is 4.06. The van der Waals surface area contributed by atoms with Crippen LogP contribution in [-0.2, 0) is 9.59 Å². The molecule has 1 aromatic rings. The van der Waals surface area contributed by atoms with E-state index in [1.165, 1.54) is 4.90 Å². The molecule has 21 heavy (non-hydrogen) atoms. The van der Waals surface area contributed by atoms with Crippen LogP contribution in [0.2, 0.25) is 5.02 Å². The van der Waals surface area contributed by atoms with E-state index < -0.39 is 12.1 Å². The Hall–Kier alpha value is -1.07. The van der Waals surface area contributed by atoms with Crippen LogP contribution in [0.15, 0.2) is 22.7 Å². The maximum absolute atomic E-state index is 12.8. The van der Waals surface area contributed by atoms with Crippen molar-refractivity contribution in [2.24, 2.45) is 5.41 Å². The first-order valence-electron chi connectivity index (χ1n) is 6.71. The summed E-state index contributed by atoms with van der Waals surface area (Å²) in [7, 11) is 0. The number of carbonyl (C=O) groups is 2. The summed E-state index contributed by atoms with van der Waals surface area (Å²) in [5.74, 6) is -0.269. The minimum Gasteiger partial charge on any atom is -0.342 e. The second-order valence-electron chi connectivity index (χ2n) is 6.29. The first-order chi connectivity index (χ1) is 9.62. The van der Waals surface area contributed by atoms with Crippen molar-refractivity contribution in [3.05, 3.63) is 27.7 Å². The number of hydrogen-bond acceptors (Lipinski definition) is 2. The van der Waals surface area contributed by atoms with Crippen molar-refractivity contribution in [2.75, 3.05) is 4.90 Å². The fourth-order valence-corrected chi connectivity index (χ4v) is 3.24. The molecule has 1 aromatic carbocycles. The lowest BCUT2D eigenvalue weighted by Crippen LogP contribution is -2.66. The first-order valence-corrected chi connectivity index (χ1v) is 7.88. The molecule has 6 heteroatoms. The monoisotopic (exact) mass is 372 g/mol. The molecule has 1 saturated heterocycles. The summed E-state index contributed by atoms with van der Waals surface area (Å²) in [5.41, 5.74) is 0.297. The smallest absolute Gasteiger partial charge is 0.250 e. The van der Waals surface area contributed by atoms with E-state index in [0.29, 0.717) is 15.2 Å². The van der Waals surface area contributed by atoms with Crippen LogP contribution in [0.3, 0.4) is 0 Å². The van der Waals surface area contributed by atoms with Crippen LogP contribution < -0.4 is 10.2 Å². The molecule has 1 aliphatic heterocycles. The molecule has 4 nitrogen and oxygen atoms in total. The van der Waals surface area contributed by atoms with Gasteiger partial charge in [-0.15, -0.1) is 0 Å². The highest BCUT2D eigenvalue weighted by Crippen LogP contribution is 2.34. The molecule has 2 rings (SSSR count). The van der Waals surface area contributed by atoms with E-state index in [9.17, 15) is 9.59 Å². The average Bonchev–Trinajstić information content (AvgIpc) is 2.35. The van der Waals surface area contributed by atoms with E-state index in [0.717, 1.165) is 0 Å². The van der Waals surface area contributed by atoms with Crippen LogP contribution in [0.25, 0.3) is 0 Å². The van der Waals surface area contributed by atoms with Crippen LogP contribution in [-0.4, -0.2) is 23.9 Å². The average molecular weight is 374 g/mol. The van der Waals surface area contributed by atoms with Gasteiger partial charge in [-0.3, -0.25) is 14.5 Å². The molecular weight excluding hydrogens is 356 g/mol. The highest BCUT2D eigenvalue weighted by Gasteiger charge is 2.44. The SMILES string of the molecule is CC1C(=O)NC(C(C)(C)C)C(=O)N1c1ccc(Cl)cc1Br. The number of carbonyl (C=O) groups excluding carboxylic acids is 2. The van der Waals surface area contributed by atoms with Gasteiger partial charge in [-0.05, 0) is 46.5 Å². The number of anilines is 1. The van der Waals surface area contributed by atoms with Crippen molar-refractivity contribution in [2.45, 2.75) is 39.8 Å². The van der Waals surface area contributed by atoms with Gasteiger partial charge in [-0.25, -0.2) is 0 Å². The normalized spacial score (nSPS) is 23.2. The molecule has 1 aliphatic rings. The molecule has 0 spiro atoms. The maximum atomic E-state index is 12.8. The number of hydrogen-bond donors (Lipinski definition) is 1. The predicted molar refractivity (Wildman–Crippen MR) is 87.5 cm³/mol. The molecule has 0 aliphatic carbocycles. The summed E-state index contributed by atoms with van der Waals surface area (Å²) >= 11 is 9.36. The van der Waals surface area contributed by atoms with Crippen LogP contribution in [0.5, 0.6) is 0 Å². The predicted octanol–water partition coefficient (Wildman–Crippen LogP) is 3.37. The Bertz CT molecular complexity index is 598. The minimum absolute atomic E-state index is 0.113. The standard InChI is InChI=1S/C15H18BrClN2O2/c1-8-13(20)18-12(15(2,3)4)14(21)19(8)11-6-5-9(17)7-10(11)16/h5-8,12H,1-4H3,(H,18,20). The fraction of sp³-hybridized carbons (Fsp3) is 0.467. The van der Waals surface area contributed by atoms with Crippen molar-refractivity contribution in [3.8, 4) is 0 Å². The molecule has 1 N–H and O–H groups in total. The lowest BCUT2D eigenvalue weighted by atomic mass is 9.84. The highest BCUT2D eigenvalue weighted by molar-refractivity contribution is 9.10. The van der Waals surface area contributed by atoms with Crippen molar-refractivity contribution in [1.29, 1.82) is 0 Å². The van der Waals surface area contributed by atoms with Crippen LogP contribution in [0.4, 0.5) is 5.69 Å². The van der Waals surface area contributed by atoms with Crippen molar-refractivity contribution in [1.82, 2.24) is 5.32 Å². The van der Waals surface area contributed by atoms with E-state index in [2.05, 4.69) is 21.2 Å². The van der Waals surface area contributed by atoms with Crippen LogP contribution in [0.1, 0.15) is 27.7 Å². The van der Waals surface area contributed by atoms with Crippen LogP contribution in [0, 0.1) is 5.41 Å². The molecule has 2 atom stereocenters. The topological polar surface area (TPSA) is 49.4 Å². The lowest BCUT2D eigenvalue weighted by molar-refractivity contribution is -0.136. The quantitative estimate of drug-likeness (QED) is 0.820. The van der Waals surface area contributed by atoms with Gasteiger partial charge in [0, 0.05) is 9.50 Å². The zero-order valence-corrected chi connectivity index (χ0v) is 14.7. The number of halogens is 2. The largest absolute Gasteiger partial charge is 0.342 e. The maximum Gasteiger partial charge on any atom is 0.250 e. The number of benzene rings is 1. The van der Waals surface area contributed by atoms with Gasteiger partial charge in [-0.1, -0.05) is 32.4 Å². The number of nitrogens with zero attached hydrogens (tertiary/aromatic N) is 1. The van der Waals surface area contributed by atoms with E-state index in [1.807, 2.05) is 20.8 Å². The van der Waals surface area contributed by atoms with Crippen molar-refractivity contribution >= 4 is 45.0 Å². The minimum atomic E-state index is -0.562. The Labute approximate surface area is 138 Å². The number of rotatable bonds is 1. The number of piperazine rings is 1. The third-order valence-corrected chi connectivity index (χ3v) is 4.44. The van der Waals surface area contributed by atoms with Gasteiger partial charge < -0.3 is 5.32 Å². The molecule has 0 aromatic heterocycles. The second kappa shape index (κ2) is 5.61. The van der Waals surface area contributed by atoms with Gasteiger partial charge in [0.1, 0.15) is 12.1 Å². The Morgan fingerprint density at radius 1 is 1.29 bits per heavy atom. The summed E-state index contributed by atoms with van der Waals surface area (Å²) < 4.78 is 0.692. The summed E-state index contributed by atoms with van der Waals surface area (Å²) in [6.07, 6.45) is 0. The highest BCUT2D eigenvalue weighted by atomic mass is 79.9. The van der Waals surface area contributed by atoms with Gasteiger partial charge in [0.25, 0.3) is 5.91 Å². The van der Waals surface area contributed by atoms with Gasteiger partial charge in [0.15, 0.2) is 0 Å². The van der Waals surface area contributed by atoms with E-state index in [-0.39, 0.29) is 17.2 Å². The summed E-state index contributed by atoms with van der Waals surface area (Å²) in [5, 5.41) is 3.38. The molecule has 2 unspecified atom stereocenters. The Morgan fingerprint density at radius 3 is 2.43 bits per heavy atom. The second-order valence-corrected chi connectivity index (χ2v) is 7.58. The molecule has 114 valence electrons. The Morgan fingerprint density at radius 2 is 1.90 bits per heavy atom. The van der Waals surface area contributed by atoms with Gasteiger partial charge in [-0.2, -0.15) is 0 Å². The lowest BCUT2D eigenvalue weighted by Gasteiger charge is -2.42. The molecule has 0 radical (unpaired) electrons. The Kier molecular flexibility index (Phi) is 4.36. The van der Waals surface area contributed by atoms with E-state index in [1.54, 1.807) is 25.1 Å². The van der Waals surface area contributed by atoms with Gasteiger partial charge >= 0.3 is 0 Å². The summed E-state index contributed by atoms with van der Waals surface area (Å²) in [6.45, 7) is 7.51. The van der Waals surface area contributed by atoms with E-state index >= 15 is 0 Å². The van der Waals surface area contributed by atoms with Gasteiger partial charge in [0.2, 0.25) is 5.91 Å². The zero-order valence-electron chi connectivity index (χ0n) is 12.4. The van der Waals surface area contributed by atoms with Gasteiger partial charge in [0.05, 0.1) is 5.69 Å². The van der Waals surface area contributed by atoms with Crippen LogP contribution >= 0.6 is 27.5 Å². The van der Waals surface area contributed by atoms with E-state index in [4.69, 9.17) is 11.6 Å². The third kappa shape index (κ3) is 3.09. The molecule has 0 bridgehead atoms. The number of amides is 2. The zero-order chi connectivity index (χ0) is 15.9. The molecule has 1 heterocycles. The first kappa shape index (κ1) is 16.3. The molecular formula is C15H18BrClN2O2. The van der Waals surface area contributed by atoms with Crippen molar-refractivity contribution in [3.63, 3.8) is 0 Å². The third-order valence-electron chi connectivity index (χ3n) is 3.57. The molecule has 1 fully saturated rings. The molecule has 0 saturated carbocycles. The summed E-state index contributed by atoms with van der Waals surface area (Å²) in [4.78, 5) is 26.6. The molecule has 2 amide bonds. The Balaban J connectivity index is 2.48. The fourth-order valence-electron chi connectivity index (χ4n) is 2.36. The van der Waals surface area contributed by atoms with Crippen molar-refractivity contribution < 1.29 is 9.59 Å². The number of nitrogens with one attached hydrogen (secondary N) is 1.